The van der Waals surface area contributed by atoms with Crippen LogP contribution in [-0.2, 0) is 0 Å². The number of benzene rings is 1. The van der Waals surface area contributed by atoms with E-state index in [0.717, 1.165) is 22.7 Å². The first-order chi connectivity index (χ1) is 10.2. The van der Waals surface area contributed by atoms with Crippen LogP contribution in [0.3, 0.4) is 0 Å². The molecule has 106 valence electrons. The Hall–Kier alpha value is -2.53. The molecule has 1 N–H and O–H groups in total. The van der Waals surface area contributed by atoms with E-state index >= 15 is 0 Å². The molecule has 0 aliphatic rings. The summed E-state index contributed by atoms with van der Waals surface area (Å²) in [7, 11) is 1.63. The van der Waals surface area contributed by atoms with Crippen molar-refractivity contribution in [2.75, 3.05) is 12.4 Å². The Morgan fingerprint density at radius 2 is 1.95 bits per heavy atom. The number of hydrogen-bond donors (Lipinski definition) is 1. The molecular formula is C15H12ClN3O2. The Morgan fingerprint density at radius 1 is 1.14 bits per heavy atom. The average molecular weight is 302 g/mol. The third-order valence-corrected chi connectivity index (χ3v) is 3.10. The number of halogens is 1. The molecule has 2 heterocycles. The van der Waals surface area contributed by atoms with Gasteiger partial charge in [0.25, 0.3) is 0 Å². The summed E-state index contributed by atoms with van der Waals surface area (Å²) in [5.74, 6) is 1.33. The van der Waals surface area contributed by atoms with Crippen LogP contribution >= 0.6 is 11.6 Å². The number of aromatic nitrogens is 2. The number of methoxy groups -OCH3 is 1. The molecule has 0 fully saturated rings. The maximum Gasteiger partial charge on any atom is 0.229 e. The molecule has 0 spiro atoms. The van der Waals surface area contributed by atoms with Crippen LogP contribution in [0.25, 0.3) is 11.3 Å². The van der Waals surface area contributed by atoms with Crippen LogP contribution in [0, 0.1) is 0 Å². The maximum atomic E-state index is 5.83. The number of ether oxygens (including phenoxy) is 1. The number of nitrogens with zero attached hydrogens (tertiary/aromatic N) is 2. The summed E-state index contributed by atoms with van der Waals surface area (Å²) >= 11 is 5.83. The predicted octanol–water partition coefficient (Wildman–Crippen LogP) is 4.14. The second-order valence-corrected chi connectivity index (χ2v) is 4.68. The molecule has 0 aliphatic heterocycles. The van der Waals surface area contributed by atoms with Gasteiger partial charge in [-0.25, -0.2) is 4.98 Å². The Balaban J connectivity index is 1.79. The minimum absolute atomic E-state index is 0.412. The fourth-order valence-electron chi connectivity index (χ4n) is 1.85. The number of rotatable bonds is 4. The van der Waals surface area contributed by atoms with Gasteiger partial charge in [-0.05, 0) is 36.4 Å². The number of hydrogen-bond acceptors (Lipinski definition) is 5. The lowest BCUT2D eigenvalue weighted by molar-refractivity contribution is 0.415. The molecule has 0 bridgehead atoms. The van der Waals surface area contributed by atoms with E-state index in [-0.39, 0.29) is 0 Å². The highest BCUT2D eigenvalue weighted by Crippen LogP contribution is 2.26. The van der Waals surface area contributed by atoms with Crippen LogP contribution in [0.15, 0.2) is 53.2 Å². The first kappa shape index (κ1) is 13.5. The summed E-state index contributed by atoms with van der Waals surface area (Å²) in [5, 5.41) is 7.52. The van der Waals surface area contributed by atoms with Crippen molar-refractivity contribution in [3.8, 4) is 17.0 Å². The summed E-state index contributed by atoms with van der Waals surface area (Å²) in [6, 6.07) is 12.9. The van der Waals surface area contributed by atoms with Crippen molar-refractivity contribution in [2.45, 2.75) is 0 Å². The molecule has 2 aromatic heterocycles. The quantitative estimate of drug-likeness (QED) is 0.734. The van der Waals surface area contributed by atoms with Crippen LogP contribution in [0.5, 0.6) is 5.75 Å². The zero-order valence-electron chi connectivity index (χ0n) is 11.2. The largest absolute Gasteiger partial charge is 0.497 e. The van der Waals surface area contributed by atoms with Crippen molar-refractivity contribution in [2.24, 2.45) is 0 Å². The SMILES string of the molecule is COc1ccc(-c2cc(Nc3ccnc(Cl)c3)on2)cc1. The van der Waals surface area contributed by atoms with Crippen LogP contribution in [0.2, 0.25) is 5.15 Å². The molecule has 0 atom stereocenters. The van der Waals surface area contributed by atoms with Gasteiger partial charge in [-0.2, -0.15) is 0 Å². The molecule has 21 heavy (non-hydrogen) atoms. The van der Waals surface area contributed by atoms with Crippen LogP contribution in [0.1, 0.15) is 0 Å². The Labute approximate surface area is 126 Å². The molecule has 0 saturated heterocycles. The summed E-state index contributed by atoms with van der Waals surface area (Å²) in [5.41, 5.74) is 2.47. The summed E-state index contributed by atoms with van der Waals surface area (Å²) in [6.07, 6.45) is 1.62. The van der Waals surface area contributed by atoms with Crippen molar-refractivity contribution in [3.05, 3.63) is 53.8 Å². The molecule has 0 amide bonds. The van der Waals surface area contributed by atoms with Gasteiger partial charge in [-0.1, -0.05) is 16.8 Å². The molecule has 0 saturated carbocycles. The van der Waals surface area contributed by atoms with E-state index in [1.807, 2.05) is 30.3 Å². The third kappa shape index (κ3) is 3.14. The number of nitrogens with one attached hydrogen (secondary N) is 1. The predicted molar refractivity (Wildman–Crippen MR) is 81.0 cm³/mol. The van der Waals surface area contributed by atoms with E-state index < -0.39 is 0 Å². The smallest absolute Gasteiger partial charge is 0.229 e. The van der Waals surface area contributed by atoms with Gasteiger partial charge in [0.1, 0.15) is 16.6 Å². The first-order valence-corrected chi connectivity index (χ1v) is 6.62. The Kier molecular flexibility index (Phi) is 3.75. The van der Waals surface area contributed by atoms with Crippen molar-refractivity contribution >= 4 is 23.2 Å². The van der Waals surface area contributed by atoms with E-state index in [9.17, 15) is 0 Å². The van der Waals surface area contributed by atoms with Gasteiger partial charge in [-0.3, -0.25) is 0 Å². The summed E-state index contributed by atoms with van der Waals surface area (Å²) in [6.45, 7) is 0. The Morgan fingerprint density at radius 3 is 2.67 bits per heavy atom. The van der Waals surface area contributed by atoms with Crippen molar-refractivity contribution in [1.82, 2.24) is 10.1 Å². The zero-order chi connectivity index (χ0) is 14.7. The van der Waals surface area contributed by atoms with Gasteiger partial charge in [0.05, 0.1) is 7.11 Å². The second kappa shape index (κ2) is 5.85. The first-order valence-electron chi connectivity index (χ1n) is 6.24. The highest BCUT2D eigenvalue weighted by Gasteiger charge is 2.07. The van der Waals surface area contributed by atoms with E-state index in [1.165, 1.54) is 0 Å². The lowest BCUT2D eigenvalue weighted by Crippen LogP contribution is -1.88. The van der Waals surface area contributed by atoms with Crippen molar-refractivity contribution in [1.29, 1.82) is 0 Å². The van der Waals surface area contributed by atoms with Crippen molar-refractivity contribution < 1.29 is 9.26 Å². The Bertz CT molecular complexity index is 741. The van der Waals surface area contributed by atoms with Gasteiger partial charge in [0.2, 0.25) is 5.88 Å². The summed E-state index contributed by atoms with van der Waals surface area (Å²) < 4.78 is 10.4. The lowest BCUT2D eigenvalue weighted by atomic mass is 10.1. The molecule has 6 heteroatoms. The van der Waals surface area contributed by atoms with E-state index in [0.29, 0.717) is 11.0 Å². The lowest BCUT2D eigenvalue weighted by Gasteiger charge is -2.01. The monoisotopic (exact) mass is 301 g/mol. The number of pyridine rings is 1. The normalized spacial score (nSPS) is 10.4. The molecular weight excluding hydrogens is 290 g/mol. The van der Waals surface area contributed by atoms with E-state index in [2.05, 4.69) is 15.5 Å². The van der Waals surface area contributed by atoms with E-state index in [1.54, 1.807) is 25.4 Å². The fraction of sp³-hybridized carbons (Fsp3) is 0.0667. The molecule has 0 radical (unpaired) electrons. The minimum Gasteiger partial charge on any atom is -0.497 e. The second-order valence-electron chi connectivity index (χ2n) is 4.30. The topological polar surface area (TPSA) is 60.2 Å². The average Bonchev–Trinajstić information content (AvgIpc) is 2.96. The van der Waals surface area contributed by atoms with Crippen LogP contribution in [-0.4, -0.2) is 17.3 Å². The molecule has 3 rings (SSSR count). The molecule has 3 aromatic rings. The third-order valence-electron chi connectivity index (χ3n) is 2.89. The zero-order valence-corrected chi connectivity index (χ0v) is 12.0. The highest BCUT2D eigenvalue weighted by atomic mass is 35.5. The van der Waals surface area contributed by atoms with Gasteiger partial charge in [0.15, 0.2) is 0 Å². The maximum absolute atomic E-state index is 5.83. The highest BCUT2D eigenvalue weighted by molar-refractivity contribution is 6.29. The molecule has 0 unspecified atom stereocenters. The fourth-order valence-corrected chi connectivity index (χ4v) is 2.03. The minimum atomic E-state index is 0.412. The van der Waals surface area contributed by atoms with Crippen LogP contribution in [0.4, 0.5) is 11.6 Å². The molecule has 0 aliphatic carbocycles. The standard InChI is InChI=1S/C15H12ClN3O2/c1-20-12-4-2-10(3-5-12)13-9-15(21-19-13)18-11-6-7-17-14(16)8-11/h2-9H,1H3,(H,17,18). The molecule has 5 nitrogen and oxygen atoms in total. The van der Waals surface area contributed by atoms with Crippen molar-refractivity contribution in [3.63, 3.8) is 0 Å². The summed E-state index contributed by atoms with van der Waals surface area (Å²) in [4.78, 5) is 3.92. The van der Waals surface area contributed by atoms with Gasteiger partial charge in [0, 0.05) is 23.5 Å². The van der Waals surface area contributed by atoms with Gasteiger partial charge >= 0.3 is 0 Å². The van der Waals surface area contributed by atoms with Gasteiger partial charge < -0.3 is 14.6 Å². The van der Waals surface area contributed by atoms with Crippen LogP contribution < -0.4 is 10.1 Å². The van der Waals surface area contributed by atoms with Gasteiger partial charge in [-0.15, -0.1) is 0 Å². The molecule has 1 aromatic carbocycles. The number of anilines is 2. The van der Waals surface area contributed by atoms with E-state index in [4.69, 9.17) is 20.9 Å².